The fourth-order valence-corrected chi connectivity index (χ4v) is 1.84. The Morgan fingerprint density at radius 3 is 2.16 bits per heavy atom. The van der Waals surface area contributed by atoms with Crippen molar-refractivity contribution in [3.63, 3.8) is 0 Å². The summed E-state index contributed by atoms with van der Waals surface area (Å²) in [5, 5.41) is 2.89. The molecule has 0 saturated carbocycles. The normalized spacial score (nSPS) is 9.89. The zero-order valence-electron chi connectivity index (χ0n) is 10.8. The van der Waals surface area contributed by atoms with E-state index in [0.717, 1.165) is 12.0 Å². The summed E-state index contributed by atoms with van der Waals surface area (Å²) in [7, 11) is 0. The van der Waals surface area contributed by atoms with Crippen LogP contribution in [0.2, 0.25) is 0 Å². The van der Waals surface area contributed by atoms with Crippen molar-refractivity contribution < 1.29 is 4.79 Å². The average Bonchev–Trinajstić information content (AvgIpc) is 2.48. The molecule has 1 N–H and O–H groups in total. The van der Waals surface area contributed by atoms with Gasteiger partial charge in [0.05, 0.1) is 0 Å². The minimum atomic E-state index is -0.109. The number of carbonyl (C=O) groups excluding carboxylic acids is 1. The van der Waals surface area contributed by atoms with Crippen molar-refractivity contribution in [2.24, 2.45) is 0 Å². The summed E-state index contributed by atoms with van der Waals surface area (Å²) >= 11 is 0. The standard InChI is InChI=1S/C17H17NO/c1-14(16-10-6-3-7-11-16)17(19)18-13-12-15-8-4-2-5-9-15/h2-11H,1,12-13H2,(H,18,19). The number of benzene rings is 2. The van der Waals surface area contributed by atoms with Gasteiger partial charge in [0, 0.05) is 12.1 Å². The molecule has 96 valence electrons. The van der Waals surface area contributed by atoms with Crippen molar-refractivity contribution in [2.75, 3.05) is 6.54 Å². The maximum absolute atomic E-state index is 11.9. The van der Waals surface area contributed by atoms with E-state index in [1.165, 1.54) is 5.56 Å². The fourth-order valence-electron chi connectivity index (χ4n) is 1.84. The molecule has 0 saturated heterocycles. The second kappa shape index (κ2) is 6.55. The first-order valence-electron chi connectivity index (χ1n) is 6.34. The number of hydrogen-bond donors (Lipinski definition) is 1. The van der Waals surface area contributed by atoms with Crippen LogP contribution < -0.4 is 5.32 Å². The predicted molar refractivity (Wildman–Crippen MR) is 78.6 cm³/mol. The SMILES string of the molecule is C=C(C(=O)NCCc1ccccc1)c1ccccc1. The van der Waals surface area contributed by atoms with E-state index in [9.17, 15) is 4.79 Å². The number of nitrogens with one attached hydrogen (secondary N) is 1. The summed E-state index contributed by atoms with van der Waals surface area (Å²) in [4.78, 5) is 11.9. The van der Waals surface area contributed by atoms with Crippen LogP contribution in [0.5, 0.6) is 0 Å². The van der Waals surface area contributed by atoms with E-state index >= 15 is 0 Å². The Morgan fingerprint density at radius 1 is 0.947 bits per heavy atom. The van der Waals surface area contributed by atoms with Gasteiger partial charge in [-0.1, -0.05) is 67.2 Å². The lowest BCUT2D eigenvalue weighted by Crippen LogP contribution is -2.26. The van der Waals surface area contributed by atoms with Gasteiger partial charge in [0.25, 0.3) is 5.91 Å². The Balaban J connectivity index is 1.84. The largest absolute Gasteiger partial charge is 0.352 e. The summed E-state index contributed by atoms with van der Waals surface area (Å²) in [5.41, 5.74) is 2.58. The van der Waals surface area contributed by atoms with Crippen molar-refractivity contribution in [2.45, 2.75) is 6.42 Å². The first kappa shape index (κ1) is 13.1. The van der Waals surface area contributed by atoms with Gasteiger partial charge in [0.15, 0.2) is 0 Å². The molecule has 0 bridgehead atoms. The van der Waals surface area contributed by atoms with Crippen LogP contribution >= 0.6 is 0 Å². The third-order valence-electron chi connectivity index (χ3n) is 2.94. The Kier molecular flexibility index (Phi) is 4.51. The van der Waals surface area contributed by atoms with Crippen molar-refractivity contribution in [3.05, 3.63) is 78.4 Å². The van der Waals surface area contributed by atoms with Crippen LogP contribution in [0.25, 0.3) is 5.57 Å². The van der Waals surface area contributed by atoms with Crippen LogP contribution in [-0.2, 0) is 11.2 Å². The van der Waals surface area contributed by atoms with Crippen molar-refractivity contribution >= 4 is 11.5 Å². The van der Waals surface area contributed by atoms with E-state index in [2.05, 4.69) is 24.0 Å². The lowest BCUT2D eigenvalue weighted by atomic mass is 10.1. The molecule has 2 heteroatoms. The number of carbonyl (C=O) groups is 1. The van der Waals surface area contributed by atoms with Gasteiger partial charge in [-0.15, -0.1) is 0 Å². The minimum Gasteiger partial charge on any atom is -0.352 e. The van der Waals surface area contributed by atoms with Crippen LogP contribution in [-0.4, -0.2) is 12.5 Å². The van der Waals surface area contributed by atoms with E-state index < -0.39 is 0 Å². The molecule has 0 heterocycles. The van der Waals surface area contributed by atoms with Gasteiger partial charge in [0.1, 0.15) is 0 Å². The Labute approximate surface area is 113 Å². The van der Waals surface area contributed by atoms with Gasteiger partial charge >= 0.3 is 0 Å². The molecule has 2 rings (SSSR count). The molecule has 0 unspecified atom stereocenters. The van der Waals surface area contributed by atoms with Gasteiger partial charge < -0.3 is 5.32 Å². The summed E-state index contributed by atoms with van der Waals surface area (Å²) in [6.07, 6.45) is 0.828. The topological polar surface area (TPSA) is 29.1 Å². The number of hydrogen-bond acceptors (Lipinski definition) is 1. The summed E-state index contributed by atoms with van der Waals surface area (Å²) < 4.78 is 0. The highest BCUT2D eigenvalue weighted by molar-refractivity contribution is 6.18. The maximum atomic E-state index is 11.9. The average molecular weight is 251 g/mol. The lowest BCUT2D eigenvalue weighted by molar-refractivity contribution is -0.115. The second-order valence-electron chi connectivity index (χ2n) is 4.34. The van der Waals surface area contributed by atoms with E-state index in [1.54, 1.807) is 0 Å². The van der Waals surface area contributed by atoms with E-state index in [0.29, 0.717) is 12.1 Å². The molecule has 2 aromatic rings. The third kappa shape index (κ3) is 3.81. The molecule has 0 radical (unpaired) electrons. The monoisotopic (exact) mass is 251 g/mol. The van der Waals surface area contributed by atoms with Crippen molar-refractivity contribution in [1.29, 1.82) is 0 Å². The summed E-state index contributed by atoms with van der Waals surface area (Å²) in [6.45, 7) is 4.46. The summed E-state index contributed by atoms with van der Waals surface area (Å²) in [5.74, 6) is -0.109. The van der Waals surface area contributed by atoms with Gasteiger partial charge in [-0.25, -0.2) is 0 Å². The molecule has 0 aromatic heterocycles. The van der Waals surface area contributed by atoms with Crippen LogP contribution in [0.15, 0.2) is 67.2 Å². The quantitative estimate of drug-likeness (QED) is 0.813. The Morgan fingerprint density at radius 2 is 1.53 bits per heavy atom. The van der Waals surface area contributed by atoms with Gasteiger partial charge in [-0.2, -0.15) is 0 Å². The molecule has 2 aromatic carbocycles. The lowest BCUT2D eigenvalue weighted by Gasteiger charge is -2.07. The molecule has 19 heavy (non-hydrogen) atoms. The molecule has 0 aliphatic heterocycles. The molecule has 0 fully saturated rings. The van der Waals surface area contributed by atoms with E-state index in [4.69, 9.17) is 0 Å². The molecular formula is C17H17NO. The first-order valence-corrected chi connectivity index (χ1v) is 6.34. The van der Waals surface area contributed by atoms with Crippen LogP contribution in [0.3, 0.4) is 0 Å². The predicted octanol–water partition coefficient (Wildman–Crippen LogP) is 3.06. The zero-order valence-corrected chi connectivity index (χ0v) is 10.8. The molecule has 0 atom stereocenters. The van der Waals surface area contributed by atoms with E-state index in [-0.39, 0.29) is 5.91 Å². The van der Waals surface area contributed by atoms with Gasteiger partial charge in [-0.3, -0.25) is 4.79 Å². The highest BCUT2D eigenvalue weighted by Crippen LogP contribution is 2.11. The first-order chi connectivity index (χ1) is 9.27. The smallest absolute Gasteiger partial charge is 0.251 e. The van der Waals surface area contributed by atoms with Crippen LogP contribution in [0.4, 0.5) is 0 Å². The molecule has 0 aliphatic rings. The Hall–Kier alpha value is -2.35. The van der Waals surface area contributed by atoms with E-state index in [1.807, 2.05) is 48.5 Å². The molecular weight excluding hydrogens is 234 g/mol. The molecule has 2 nitrogen and oxygen atoms in total. The highest BCUT2D eigenvalue weighted by atomic mass is 16.1. The minimum absolute atomic E-state index is 0.109. The maximum Gasteiger partial charge on any atom is 0.251 e. The Bertz CT molecular complexity index is 546. The molecule has 1 amide bonds. The molecule has 0 spiro atoms. The zero-order chi connectivity index (χ0) is 13.5. The van der Waals surface area contributed by atoms with Crippen LogP contribution in [0, 0.1) is 0 Å². The van der Waals surface area contributed by atoms with Crippen molar-refractivity contribution in [3.8, 4) is 0 Å². The summed E-state index contributed by atoms with van der Waals surface area (Å²) in [6, 6.07) is 19.6. The van der Waals surface area contributed by atoms with Gasteiger partial charge in [0.2, 0.25) is 0 Å². The molecule has 0 aliphatic carbocycles. The number of rotatable bonds is 5. The fraction of sp³-hybridized carbons (Fsp3) is 0.118. The van der Waals surface area contributed by atoms with Crippen molar-refractivity contribution in [1.82, 2.24) is 5.32 Å². The van der Waals surface area contributed by atoms with Crippen LogP contribution in [0.1, 0.15) is 11.1 Å². The van der Waals surface area contributed by atoms with Gasteiger partial charge in [-0.05, 0) is 17.5 Å². The third-order valence-corrected chi connectivity index (χ3v) is 2.94. The second-order valence-corrected chi connectivity index (χ2v) is 4.34. The number of amides is 1. The highest BCUT2D eigenvalue weighted by Gasteiger charge is 2.07.